The minimum atomic E-state index is 0.745. The maximum absolute atomic E-state index is 6.30. The van der Waals surface area contributed by atoms with Crippen LogP contribution in [0.15, 0.2) is 18.2 Å². The number of halogens is 2. The zero-order chi connectivity index (χ0) is 13.1. The van der Waals surface area contributed by atoms with Crippen LogP contribution in [0.2, 0.25) is 5.02 Å². The highest BCUT2D eigenvalue weighted by molar-refractivity contribution is 9.08. The summed E-state index contributed by atoms with van der Waals surface area (Å²) in [5, 5.41) is 1.70. The molecule has 0 N–H and O–H groups in total. The molecule has 0 aliphatic heterocycles. The Hall–Kier alpha value is -0.210. The van der Waals surface area contributed by atoms with Gasteiger partial charge in [0.25, 0.3) is 0 Å². The second kappa shape index (κ2) is 6.29. The summed E-state index contributed by atoms with van der Waals surface area (Å²) in [5.41, 5.74) is 2.45. The van der Waals surface area contributed by atoms with Gasteiger partial charge in [0.1, 0.15) is 0 Å². The highest BCUT2D eigenvalue weighted by Crippen LogP contribution is 2.34. The second-order valence-corrected chi connectivity index (χ2v) is 6.48. The predicted molar refractivity (Wildman–Crippen MR) is 83.9 cm³/mol. The number of benzene rings is 1. The summed E-state index contributed by atoms with van der Waals surface area (Å²) < 4.78 is 0. The number of anilines is 1. The summed E-state index contributed by atoms with van der Waals surface area (Å²) in [6.07, 6.45) is 3.90. The maximum atomic E-state index is 6.30. The summed E-state index contributed by atoms with van der Waals surface area (Å²) in [6.45, 7) is 5.71. The first-order chi connectivity index (χ1) is 8.61. The normalized spacial score (nSPS) is 15.2. The van der Waals surface area contributed by atoms with Crippen molar-refractivity contribution >= 4 is 33.2 Å². The molecule has 0 atom stereocenters. The quantitative estimate of drug-likeness (QED) is 0.644. The van der Waals surface area contributed by atoms with Gasteiger partial charge in [-0.25, -0.2) is 0 Å². The number of hydrogen-bond acceptors (Lipinski definition) is 1. The van der Waals surface area contributed by atoms with Crippen LogP contribution in [0, 0.1) is 5.92 Å². The van der Waals surface area contributed by atoms with Crippen LogP contribution in [0.1, 0.15) is 38.7 Å². The molecule has 100 valence electrons. The lowest BCUT2D eigenvalue weighted by Gasteiger charge is -2.26. The zero-order valence-electron chi connectivity index (χ0n) is 11.1. The molecule has 0 heterocycles. The molecular formula is C15H21BrClN. The molecule has 1 aliphatic rings. The molecule has 0 bridgehead atoms. The number of hydrogen-bond donors (Lipinski definition) is 0. The molecule has 0 radical (unpaired) electrons. The van der Waals surface area contributed by atoms with E-state index in [9.17, 15) is 0 Å². The van der Waals surface area contributed by atoms with E-state index in [1.807, 2.05) is 0 Å². The van der Waals surface area contributed by atoms with Gasteiger partial charge in [0.05, 0.1) is 0 Å². The standard InChI is InChI=1S/C15H21BrClN/c1-11(2)7-8-18(13-5-6-13)14-4-3-12(10-16)15(17)9-14/h3-4,9,11,13H,5-8,10H2,1-2H3. The Labute approximate surface area is 124 Å². The first-order valence-electron chi connectivity index (χ1n) is 6.73. The van der Waals surface area contributed by atoms with Crippen LogP contribution in [0.25, 0.3) is 0 Å². The van der Waals surface area contributed by atoms with Gasteiger partial charge in [-0.05, 0) is 42.9 Å². The molecule has 2 rings (SSSR count). The van der Waals surface area contributed by atoms with Crippen molar-refractivity contribution in [3.63, 3.8) is 0 Å². The fourth-order valence-corrected chi connectivity index (χ4v) is 3.02. The molecule has 0 aromatic heterocycles. The summed E-state index contributed by atoms with van der Waals surface area (Å²) in [5.74, 6) is 0.753. The third kappa shape index (κ3) is 3.64. The van der Waals surface area contributed by atoms with E-state index in [-0.39, 0.29) is 0 Å². The van der Waals surface area contributed by atoms with E-state index in [0.717, 1.165) is 28.9 Å². The molecule has 1 nitrogen and oxygen atoms in total. The van der Waals surface area contributed by atoms with Gasteiger partial charge in [0, 0.05) is 28.6 Å². The average Bonchev–Trinajstić information content (AvgIpc) is 3.13. The zero-order valence-corrected chi connectivity index (χ0v) is 13.5. The van der Waals surface area contributed by atoms with Gasteiger partial charge in [0.15, 0.2) is 0 Å². The van der Waals surface area contributed by atoms with Crippen molar-refractivity contribution in [1.29, 1.82) is 0 Å². The highest BCUT2D eigenvalue weighted by atomic mass is 79.9. The molecule has 1 aromatic carbocycles. The fourth-order valence-electron chi connectivity index (χ4n) is 2.13. The molecule has 0 saturated heterocycles. The Balaban J connectivity index is 2.12. The van der Waals surface area contributed by atoms with E-state index >= 15 is 0 Å². The molecular weight excluding hydrogens is 310 g/mol. The van der Waals surface area contributed by atoms with Gasteiger partial charge in [-0.15, -0.1) is 0 Å². The Morgan fingerprint density at radius 2 is 2.11 bits per heavy atom. The largest absolute Gasteiger partial charge is 0.368 e. The lowest BCUT2D eigenvalue weighted by molar-refractivity contribution is 0.571. The second-order valence-electron chi connectivity index (χ2n) is 5.52. The maximum Gasteiger partial charge on any atom is 0.0467 e. The molecule has 0 amide bonds. The lowest BCUT2D eigenvalue weighted by atomic mass is 10.1. The van der Waals surface area contributed by atoms with E-state index in [1.165, 1.54) is 30.5 Å². The summed E-state index contributed by atoms with van der Waals surface area (Å²) in [4.78, 5) is 2.53. The van der Waals surface area contributed by atoms with Gasteiger partial charge >= 0.3 is 0 Å². The minimum Gasteiger partial charge on any atom is -0.368 e. The van der Waals surface area contributed by atoms with E-state index in [0.29, 0.717) is 0 Å². The van der Waals surface area contributed by atoms with Gasteiger partial charge in [-0.1, -0.05) is 47.4 Å². The minimum absolute atomic E-state index is 0.745. The SMILES string of the molecule is CC(C)CCN(c1ccc(CBr)c(Cl)c1)C1CC1. The average molecular weight is 331 g/mol. The van der Waals surface area contributed by atoms with Crippen molar-refractivity contribution in [2.24, 2.45) is 5.92 Å². The summed E-state index contributed by atoms with van der Waals surface area (Å²) in [7, 11) is 0. The Morgan fingerprint density at radius 1 is 1.39 bits per heavy atom. The van der Waals surface area contributed by atoms with Gasteiger partial charge in [0.2, 0.25) is 0 Å². The molecule has 0 unspecified atom stereocenters. The molecule has 1 aromatic rings. The monoisotopic (exact) mass is 329 g/mol. The fraction of sp³-hybridized carbons (Fsp3) is 0.600. The van der Waals surface area contributed by atoms with Crippen LogP contribution in [-0.4, -0.2) is 12.6 Å². The van der Waals surface area contributed by atoms with Gasteiger partial charge in [-0.2, -0.15) is 0 Å². The Morgan fingerprint density at radius 3 is 2.61 bits per heavy atom. The Bertz CT molecular complexity index is 401. The lowest BCUT2D eigenvalue weighted by Crippen LogP contribution is -2.27. The number of alkyl halides is 1. The molecule has 1 aliphatic carbocycles. The van der Waals surface area contributed by atoms with Gasteiger partial charge < -0.3 is 4.90 Å². The molecule has 18 heavy (non-hydrogen) atoms. The Kier molecular flexibility index (Phi) is 4.97. The molecule has 1 fully saturated rings. The van der Waals surface area contributed by atoms with Crippen LogP contribution in [0.5, 0.6) is 0 Å². The van der Waals surface area contributed by atoms with Crippen LogP contribution >= 0.6 is 27.5 Å². The van der Waals surface area contributed by atoms with Crippen molar-refractivity contribution in [2.45, 2.75) is 44.5 Å². The van der Waals surface area contributed by atoms with Crippen molar-refractivity contribution in [1.82, 2.24) is 0 Å². The van der Waals surface area contributed by atoms with Crippen molar-refractivity contribution in [3.05, 3.63) is 28.8 Å². The number of rotatable bonds is 6. The predicted octanol–water partition coefficient (Wildman–Crippen LogP) is 5.25. The third-order valence-electron chi connectivity index (χ3n) is 3.45. The van der Waals surface area contributed by atoms with Crippen LogP contribution in [0.4, 0.5) is 5.69 Å². The molecule has 1 saturated carbocycles. The smallest absolute Gasteiger partial charge is 0.0467 e. The summed E-state index contributed by atoms with van der Waals surface area (Å²) in [6, 6.07) is 7.21. The van der Waals surface area contributed by atoms with Gasteiger partial charge in [-0.3, -0.25) is 0 Å². The van der Waals surface area contributed by atoms with E-state index in [1.54, 1.807) is 0 Å². The first-order valence-corrected chi connectivity index (χ1v) is 8.22. The molecule has 3 heteroatoms. The van der Waals surface area contributed by atoms with Crippen molar-refractivity contribution < 1.29 is 0 Å². The first kappa shape index (κ1) is 14.2. The van der Waals surface area contributed by atoms with Crippen molar-refractivity contribution in [3.8, 4) is 0 Å². The topological polar surface area (TPSA) is 3.24 Å². The third-order valence-corrected chi connectivity index (χ3v) is 4.40. The van der Waals surface area contributed by atoms with Crippen LogP contribution in [0.3, 0.4) is 0 Å². The van der Waals surface area contributed by atoms with Crippen LogP contribution < -0.4 is 4.90 Å². The highest BCUT2D eigenvalue weighted by Gasteiger charge is 2.29. The molecule has 0 spiro atoms. The van der Waals surface area contributed by atoms with E-state index in [2.05, 4.69) is 52.9 Å². The summed E-state index contributed by atoms with van der Waals surface area (Å²) >= 11 is 9.77. The van der Waals surface area contributed by atoms with E-state index in [4.69, 9.17) is 11.6 Å². The van der Waals surface area contributed by atoms with Crippen molar-refractivity contribution in [2.75, 3.05) is 11.4 Å². The van der Waals surface area contributed by atoms with E-state index < -0.39 is 0 Å². The number of nitrogens with zero attached hydrogens (tertiary/aromatic N) is 1. The van der Waals surface area contributed by atoms with Crippen LogP contribution in [-0.2, 0) is 5.33 Å².